The normalized spacial score (nSPS) is 30.1. The summed E-state index contributed by atoms with van der Waals surface area (Å²) in [5.74, 6) is 3.74. The summed E-state index contributed by atoms with van der Waals surface area (Å²) >= 11 is 6.08. The highest BCUT2D eigenvalue weighted by Crippen LogP contribution is 2.35. The summed E-state index contributed by atoms with van der Waals surface area (Å²) in [5, 5.41) is 4.72. The van der Waals surface area contributed by atoms with Crippen LogP contribution in [0.25, 0.3) is 0 Å². The first-order chi connectivity index (χ1) is 16.7. The molecule has 5 rings (SSSR count). The van der Waals surface area contributed by atoms with Gasteiger partial charge in [0.05, 0.1) is 17.9 Å². The first-order valence-electron chi connectivity index (χ1n) is 14.1. The third kappa shape index (κ3) is 5.78. The molecular weight excluding hydrogens is 436 g/mol. The summed E-state index contributed by atoms with van der Waals surface area (Å²) in [5.41, 5.74) is 1.42. The minimum atomic E-state index is 0.408. The number of thiocarbonyl (C=S) groups is 1. The SMILES string of the molecule is CC1CCC(CN2C(=S)N(CCCC[C@H]3CNC(C4CCCC4)=N3)C[C@H]2c2ccccc2)CC1. The van der Waals surface area contributed by atoms with Gasteiger partial charge in [0, 0.05) is 32.1 Å². The van der Waals surface area contributed by atoms with Crippen LogP contribution < -0.4 is 5.32 Å². The van der Waals surface area contributed by atoms with Gasteiger partial charge < -0.3 is 15.1 Å². The standard InChI is InChI=1S/C29H44N4S/c1-22-14-16-23(17-15-22)20-33-27(24-9-3-2-4-10-24)21-32(29(33)34)18-8-7-13-26-19-30-28(31-26)25-11-5-6-12-25/h2-4,9-10,22-23,25-27H,5-8,11-21H2,1H3,(H,30,31)/t22?,23?,26-,27-/m0/s1. The summed E-state index contributed by atoms with van der Waals surface area (Å²) in [7, 11) is 0. The molecule has 5 heteroatoms. The molecule has 3 fully saturated rings. The third-order valence-electron chi connectivity index (χ3n) is 8.86. The Labute approximate surface area is 212 Å². The molecule has 2 aliphatic carbocycles. The molecule has 2 atom stereocenters. The Morgan fingerprint density at radius 2 is 1.76 bits per heavy atom. The highest BCUT2D eigenvalue weighted by atomic mass is 32.1. The van der Waals surface area contributed by atoms with Crippen LogP contribution in [0.3, 0.4) is 0 Å². The van der Waals surface area contributed by atoms with Crippen LogP contribution in [-0.2, 0) is 0 Å². The van der Waals surface area contributed by atoms with Crippen LogP contribution in [0, 0.1) is 17.8 Å². The van der Waals surface area contributed by atoms with Crippen molar-refractivity contribution >= 4 is 23.2 Å². The lowest BCUT2D eigenvalue weighted by Crippen LogP contribution is -2.37. The highest BCUT2D eigenvalue weighted by molar-refractivity contribution is 7.80. The molecule has 1 N–H and O–H groups in total. The highest BCUT2D eigenvalue weighted by Gasteiger charge is 2.36. The van der Waals surface area contributed by atoms with Crippen LogP contribution in [0.2, 0.25) is 0 Å². The van der Waals surface area contributed by atoms with E-state index in [1.165, 1.54) is 82.0 Å². The molecule has 1 saturated heterocycles. The first kappa shape index (κ1) is 24.1. The summed E-state index contributed by atoms with van der Waals surface area (Å²) in [4.78, 5) is 10.1. The van der Waals surface area contributed by atoms with Crippen LogP contribution in [0.4, 0.5) is 0 Å². The Hall–Kier alpha value is -1.62. The lowest BCUT2D eigenvalue weighted by Gasteiger charge is -2.33. The van der Waals surface area contributed by atoms with Gasteiger partial charge in [-0.1, -0.05) is 62.9 Å². The van der Waals surface area contributed by atoms with Gasteiger partial charge in [0.15, 0.2) is 5.11 Å². The largest absolute Gasteiger partial charge is 0.371 e. The average molecular weight is 481 g/mol. The minimum Gasteiger partial charge on any atom is -0.371 e. The van der Waals surface area contributed by atoms with Crippen molar-refractivity contribution in [3.63, 3.8) is 0 Å². The molecule has 0 aromatic heterocycles. The predicted molar refractivity (Wildman–Crippen MR) is 146 cm³/mol. The fourth-order valence-corrected chi connectivity index (χ4v) is 7.02. The van der Waals surface area contributed by atoms with Gasteiger partial charge >= 0.3 is 0 Å². The number of amidine groups is 1. The predicted octanol–water partition coefficient (Wildman–Crippen LogP) is 6.19. The maximum atomic E-state index is 6.08. The number of unbranched alkanes of at least 4 members (excludes halogenated alkanes) is 1. The summed E-state index contributed by atoms with van der Waals surface area (Å²) in [6.45, 7) is 6.72. The van der Waals surface area contributed by atoms with Crippen molar-refractivity contribution in [2.45, 2.75) is 89.6 Å². The Morgan fingerprint density at radius 1 is 1.00 bits per heavy atom. The van der Waals surface area contributed by atoms with Gasteiger partial charge in [-0.15, -0.1) is 0 Å². The summed E-state index contributed by atoms with van der Waals surface area (Å²) < 4.78 is 0. The molecule has 1 aromatic rings. The van der Waals surface area contributed by atoms with E-state index in [4.69, 9.17) is 17.2 Å². The number of rotatable bonds is 9. The molecule has 0 amide bonds. The van der Waals surface area contributed by atoms with E-state index >= 15 is 0 Å². The molecule has 0 spiro atoms. The van der Waals surface area contributed by atoms with E-state index in [9.17, 15) is 0 Å². The summed E-state index contributed by atoms with van der Waals surface area (Å²) in [6.07, 6.45) is 14.6. The number of nitrogens with zero attached hydrogens (tertiary/aromatic N) is 3. The number of nitrogens with one attached hydrogen (secondary N) is 1. The van der Waals surface area contributed by atoms with Gasteiger partial charge in [-0.25, -0.2) is 0 Å². The molecule has 0 unspecified atom stereocenters. The van der Waals surface area contributed by atoms with Gasteiger partial charge in [0.1, 0.15) is 0 Å². The van der Waals surface area contributed by atoms with Crippen molar-refractivity contribution in [3.05, 3.63) is 35.9 Å². The zero-order valence-electron chi connectivity index (χ0n) is 21.1. The Bertz CT molecular complexity index is 826. The van der Waals surface area contributed by atoms with Crippen LogP contribution >= 0.6 is 12.2 Å². The van der Waals surface area contributed by atoms with Crippen molar-refractivity contribution < 1.29 is 0 Å². The van der Waals surface area contributed by atoms with E-state index in [-0.39, 0.29) is 0 Å². The fourth-order valence-electron chi connectivity index (χ4n) is 6.65. The van der Waals surface area contributed by atoms with Crippen LogP contribution in [0.15, 0.2) is 35.3 Å². The van der Waals surface area contributed by atoms with E-state index in [1.807, 2.05) is 0 Å². The molecule has 0 radical (unpaired) electrons. The molecule has 2 heterocycles. The zero-order valence-corrected chi connectivity index (χ0v) is 21.9. The summed E-state index contributed by atoms with van der Waals surface area (Å²) in [6, 6.07) is 12.0. The smallest absolute Gasteiger partial charge is 0.172 e. The van der Waals surface area contributed by atoms with Crippen LogP contribution in [0.1, 0.15) is 89.2 Å². The van der Waals surface area contributed by atoms with Crippen molar-refractivity contribution in [3.8, 4) is 0 Å². The molecule has 0 bridgehead atoms. The van der Waals surface area contributed by atoms with Crippen LogP contribution in [-0.4, -0.2) is 53.0 Å². The molecular formula is C29H44N4S. The molecule has 2 aliphatic heterocycles. The second kappa shape index (κ2) is 11.4. The lowest BCUT2D eigenvalue weighted by atomic mass is 9.82. The van der Waals surface area contributed by atoms with Crippen molar-refractivity contribution in [1.29, 1.82) is 0 Å². The second-order valence-electron chi connectivity index (χ2n) is 11.5. The van der Waals surface area contributed by atoms with Crippen molar-refractivity contribution in [2.75, 3.05) is 26.2 Å². The molecule has 4 nitrogen and oxygen atoms in total. The second-order valence-corrected chi connectivity index (χ2v) is 11.8. The van der Waals surface area contributed by atoms with Gasteiger partial charge in [0.2, 0.25) is 0 Å². The van der Waals surface area contributed by atoms with E-state index in [0.717, 1.165) is 49.0 Å². The monoisotopic (exact) mass is 480 g/mol. The zero-order chi connectivity index (χ0) is 23.3. The quantitative estimate of drug-likeness (QED) is 0.337. The van der Waals surface area contributed by atoms with E-state index < -0.39 is 0 Å². The van der Waals surface area contributed by atoms with Gasteiger partial charge in [0.25, 0.3) is 0 Å². The maximum Gasteiger partial charge on any atom is 0.172 e. The maximum absolute atomic E-state index is 6.08. The Kier molecular flexibility index (Phi) is 8.09. The van der Waals surface area contributed by atoms with Crippen molar-refractivity contribution in [1.82, 2.24) is 15.1 Å². The third-order valence-corrected chi connectivity index (χ3v) is 9.35. The number of benzene rings is 1. The Morgan fingerprint density at radius 3 is 2.53 bits per heavy atom. The van der Waals surface area contributed by atoms with Gasteiger partial charge in [-0.2, -0.15) is 0 Å². The molecule has 34 heavy (non-hydrogen) atoms. The van der Waals surface area contributed by atoms with Gasteiger partial charge in [-0.05, 0) is 74.6 Å². The number of hydrogen-bond donors (Lipinski definition) is 1. The van der Waals surface area contributed by atoms with Gasteiger partial charge in [-0.3, -0.25) is 4.99 Å². The molecule has 186 valence electrons. The first-order valence-corrected chi connectivity index (χ1v) is 14.5. The van der Waals surface area contributed by atoms with Crippen molar-refractivity contribution in [2.24, 2.45) is 22.7 Å². The fraction of sp³-hybridized carbons (Fsp3) is 0.724. The molecule has 2 saturated carbocycles. The Balaban J connectivity index is 1.13. The topological polar surface area (TPSA) is 30.9 Å². The van der Waals surface area contributed by atoms with Crippen LogP contribution in [0.5, 0.6) is 0 Å². The van der Waals surface area contributed by atoms with E-state index in [2.05, 4.69) is 52.4 Å². The minimum absolute atomic E-state index is 0.408. The average Bonchev–Trinajstić information content (AvgIpc) is 3.61. The molecule has 1 aromatic carbocycles. The van der Waals surface area contributed by atoms with E-state index in [0.29, 0.717) is 12.1 Å². The van der Waals surface area contributed by atoms with E-state index in [1.54, 1.807) is 0 Å². The lowest BCUT2D eigenvalue weighted by molar-refractivity contribution is 0.223. The number of aliphatic imine (C=N–C) groups is 1. The number of hydrogen-bond acceptors (Lipinski definition) is 3. The molecule has 4 aliphatic rings.